The third kappa shape index (κ3) is 5.63. The molecule has 0 amide bonds. The van der Waals surface area contributed by atoms with Crippen LogP contribution in [-0.2, 0) is 11.3 Å². The molecule has 1 N–H and O–H groups in total. The van der Waals surface area contributed by atoms with Crippen LogP contribution in [-0.4, -0.2) is 23.1 Å². The normalized spacial score (nSPS) is 10.5. The Hall–Kier alpha value is -1.16. The number of nitrogens with one attached hydrogen (secondary N) is 1. The van der Waals surface area contributed by atoms with Gasteiger partial charge >= 0.3 is 0 Å². The molecule has 0 radical (unpaired) electrons. The van der Waals surface area contributed by atoms with Crippen LogP contribution in [0, 0.1) is 6.92 Å². The van der Waals surface area contributed by atoms with E-state index >= 15 is 0 Å². The molecule has 0 aliphatic rings. The predicted octanol–water partition coefficient (Wildman–Crippen LogP) is 2.92. The number of hydrogen-bond donors (Lipinski definition) is 1. The summed E-state index contributed by atoms with van der Waals surface area (Å²) in [5.41, 5.74) is 0.975. The number of rotatable bonds is 8. The van der Waals surface area contributed by atoms with Gasteiger partial charge in [-0.2, -0.15) is 0 Å². The number of aryl methyl sites for hydroxylation is 1. The van der Waals surface area contributed by atoms with Crippen LogP contribution < -0.4 is 5.32 Å². The summed E-state index contributed by atoms with van der Waals surface area (Å²) in [7, 11) is 0. The molecule has 1 rings (SSSR count). The number of ether oxygens (including phenoxy) is 1. The molecule has 17 heavy (non-hydrogen) atoms. The van der Waals surface area contributed by atoms with Gasteiger partial charge in [-0.1, -0.05) is 19.8 Å². The Morgan fingerprint density at radius 3 is 2.76 bits per heavy atom. The zero-order valence-electron chi connectivity index (χ0n) is 11.1. The molecule has 1 heterocycles. The third-order valence-corrected chi connectivity index (χ3v) is 2.38. The highest BCUT2D eigenvalue weighted by Crippen LogP contribution is 2.07. The van der Waals surface area contributed by atoms with Gasteiger partial charge in [0.05, 0.1) is 0 Å². The standard InChI is InChI=1S/C13H23N3O/c1-4-6-7-8-17-10-13-15-11(3)9-12(16-13)14-5-2/h9H,4-8,10H2,1-3H3,(H,14,15,16). The molecule has 1 aromatic rings. The van der Waals surface area contributed by atoms with E-state index in [4.69, 9.17) is 4.74 Å². The van der Waals surface area contributed by atoms with Crippen LogP contribution in [0.15, 0.2) is 6.07 Å². The molecule has 0 aliphatic heterocycles. The van der Waals surface area contributed by atoms with Crippen LogP contribution in [0.2, 0.25) is 0 Å². The summed E-state index contributed by atoms with van der Waals surface area (Å²) in [6.07, 6.45) is 3.55. The average molecular weight is 237 g/mol. The highest BCUT2D eigenvalue weighted by atomic mass is 16.5. The first kappa shape index (κ1) is 13.9. The molecule has 0 saturated carbocycles. The van der Waals surface area contributed by atoms with Crippen LogP contribution in [0.4, 0.5) is 5.82 Å². The van der Waals surface area contributed by atoms with Crippen molar-refractivity contribution in [3.05, 3.63) is 17.6 Å². The third-order valence-electron chi connectivity index (χ3n) is 2.38. The quantitative estimate of drug-likeness (QED) is 0.706. The first-order valence-corrected chi connectivity index (χ1v) is 6.42. The summed E-state index contributed by atoms with van der Waals surface area (Å²) in [6, 6.07) is 1.95. The van der Waals surface area contributed by atoms with E-state index < -0.39 is 0 Å². The zero-order valence-corrected chi connectivity index (χ0v) is 11.1. The average Bonchev–Trinajstić information content (AvgIpc) is 2.28. The summed E-state index contributed by atoms with van der Waals surface area (Å²) in [5.74, 6) is 1.64. The van der Waals surface area contributed by atoms with Crippen molar-refractivity contribution in [2.45, 2.75) is 46.6 Å². The van der Waals surface area contributed by atoms with E-state index in [9.17, 15) is 0 Å². The van der Waals surface area contributed by atoms with Gasteiger partial charge in [0, 0.05) is 24.9 Å². The highest BCUT2D eigenvalue weighted by molar-refractivity contribution is 5.35. The summed E-state index contributed by atoms with van der Waals surface area (Å²) in [5, 5.41) is 3.19. The maximum absolute atomic E-state index is 5.56. The monoisotopic (exact) mass is 237 g/mol. The van der Waals surface area contributed by atoms with Crippen molar-refractivity contribution in [2.24, 2.45) is 0 Å². The number of aromatic nitrogens is 2. The Kier molecular flexibility index (Phi) is 6.55. The maximum atomic E-state index is 5.56. The molecule has 0 aromatic carbocycles. The summed E-state index contributed by atoms with van der Waals surface area (Å²) in [6.45, 7) is 8.38. The van der Waals surface area contributed by atoms with E-state index in [0.29, 0.717) is 6.61 Å². The second-order valence-corrected chi connectivity index (χ2v) is 4.10. The van der Waals surface area contributed by atoms with Crippen molar-refractivity contribution >= 4 is 5.82 Å². The van der Waals surface area contributed by atoms with Crippen molar-refractivity contribution in [3.63, 3.8) is 0 Å². The fraction of sp³-hybridized carbons (Fsp3) is 0.692. The molecule has 96 valence electrons. The van der Waals surface area contributed by atoms with Crippen LogP contribution >= 0.6 is 0 Å². The Morgan fingerprint density at radius 1 is 1.24 bits per heavy atom. The molecule has 0 saturated heterocycles. The van der Waals surface area contributed by atoms with Gasteiger partial charge in [-0.15, -0.1) is 0 Å². The summed E-state index contributed by atoms with van der Waals surface area (Å²) in [4.78, 5) is 8.75. The number of nitrogens with zero attached hydrogens (tertiary/aromatic N) is 2. The number of anilines is 1. The predicted molar refractivity (Wildman–Crippen MR) is 70.1 cm³/mol. The first-order valence-electron chi connectivity index (χ1n) is 6.42. The molecule has 4 nitrogen and oxygen atoms in total. The van der Waals surface area contributed by atoms with E-state index in [-0.39, 0.29) is 0 Å². The molecule has 0 bridgehead atoms. The van der Waals surface area contributed by atoms with E-state index in [1.807, 2.05) is 13.0 Å². The second kappa shape index (κ2) is 8.01. The molecular weight excluding hydrogens is 214 g/mol. The van der Waals surface area contributed by atoms with Gasteiger partial charge in [0.25, 0.3) is 0 Å². The smallest absolute Gasteiger partial charge is 0.156 e. The molecule has 0 atom stereocenters. The minimum absolute atomic E-state index is 0.504. The molecule has 0 fully saturated rings. The molecule has 4 heteroatoms. The largest absolute Gasteiger partial charge is 0.373 e. The lowest BCUT2D eigenvalue weighted by Crippen LogP contribution is -2.06. The van der Waals surface area contributed by atoms with Gasteiger partial charge in [-0.3, -0.25) is 0 Å². The lowest BCUT2D eigenvalue weighted by atomic mass is 10.3. The molecule has 0 spiro atoms. The zero-order chi connectivity index (χ0) is 12.5. The van der Waals surface area contributed by atoms with Crippen molar-refractivity contribution in [3.8, 4) is 0 Å². The van der Waals surface area contributed by atoms with Gasteiger partial charge in [0.2, 0.25) is 0 Å². The van der Waals surface area contributed by atoms with Crippen LogP contribution in [0.3, 0.4) is 0 Å². The van der Waals surface area contributed by atoms with E-state index in [1.165, 1.54) is 12.8 Å². The lowest BCUT2D eigenvalue weighted by molar-refractivity contribution is 0.112. The van der Waals surface area contributed by atoms with Gasteiger partial charge in [0.1, 0.15) is 12.4 Å². The van der Waals surface area contributed by atoms with Gasteiger partial charge in [-0.05, 0) is 20.3 Å². The summed E-state index contributed by atoms with van der Waals surface area (Å²) < 4.78 is 5.56. The minimum Gasteiger partial charge on any atom is -0.373 e. The number of hydrogen-bond acceptors (Lipinski definition) is 4. The lowest BCUT2D eigenvalue weighted by Gasteiger charge is -2.07. The first-order chi connectivity index (χ1) is 8.26. The minimum atomic E-state index is 0.504. The fourth-order valence-electron chi connectivity index (χ4n) is 1.58. The Morgan fingerprint density at radius 2 is 2.06 bits per heavy atom. The van der Waals surface area contributed by atoms with Crippen LogP contribution in [0.5, 0.6) is 0 Å². The van der Waals surface area contributed by atoms with E-state index in [0.717, 1.165) is 36.9 Å². The number of unbranched alkanes of at least 4 members (excludes halogenated alkanes) is 2. The highest BCUT2D eigenvalue weighted by Gasteiger charge is 2.01. The molecule has 1 aromatic heterocycles. The Labute approximate surface area is 104 Å². The second-order valence-electron chi connectivity index (χ2n) is 4.10. The van der Waals surface area contributed by atoms with E-state index in [2.05, 4.69) is 29.1 Å². The maximum Gasteiger partial charge on any atom is 0.156 e. The summed E-state index contributed by atoms with van der Waals surface area (Å²) >= 11 is 0. The SMILES string of the molecule is CCCCCOCc1nc(C)cc(NCC)n1. The van der Waals surface area contributed by atoms with E-state index in [1.54, 1.807) is 0 Å². The molecular formula is C13H23N3O. The topological polar surface area (TPSA) is 47.0 Å². The van der Waals surface area contributed by atoms with Crippen molar-refractivity contribution < 1.29 is 4.74 Å². The molecule has 0 unspecified atom stereocenters. The molecule has 0 aliphatic carbocycles. The van der Waals surface area contributed by atoms with Crippen molar-refractivity contribution in [1.29, 1.82) is 0 Å². The Bertz CT molecular complexity index is 328. The van der Waals surface area contributed by atoms with Crippen molar-refractivity contribution in [1.82, 2.24) is 9.97 Å². The van der Waals surface area contributed by atoms with Crippen LogP contribution in [0.1, 0.15) is 44.6 Å². The Balaban J connectivity index is 2.41. The van der Waals surface area contributed by atoms with Crippen LogP contribution in [0.25, 0.3) is 0 Å². The van der Waals surface area contributed by atoms with Crippen molar-refractivity contribution in [2.75, 3.05) is 18.5 Å². The van der Waals surface area contributed by atoms with Gasteiger partial charge in [-0.25, -0.2) is 9.97 Å². The van der Waals surface area contributed by atoms with Gasteiger partial charge < -0.3 is 10.1 Å². The fourth-order valence-corrected chi connectivity index (χ4v) is 1.58. The van der Waals surface area contributed by atoms with Gasteiger partial charge in [0.15, 0.2) is 5.82 Å².